The molecule has 0 aromatic heterocycles. The number of carbonyl (C=O) groups excluding carboxylic acids is 1. The van der Waals surface area contributed by atoms with Crippen LogP contribution < -0.4 is 11.1 Å². The van der Waals surface area contributed by atoms with Crippen molar-refractivity contribution < 1.29 is 13.2 Å². The molecule has 0 bridgehead atoms. The quantitative estimate of drug-likeness (QED) is 0.774. The molecule has 6 heteroatoms. The fraction of sp³-hybridized carbons (Fsp3) is 0.417. The highest BCUT2D eigenvalue weighted by molar-refractivity contribution is 7.90. The first-order valence-electron chi connectivity index (χ1n) is 5.63. The Kier molecular flexibility index (Phi) is 5.30. The normalized spacial score (nSPS) is 13.0. The van der Waals surface area contributed by atoms with Crippen molar-refractivity contribution >= 4 is 15.7 Å². The lowest BCUT2D eigenvalue weighted by molar-refractivity contribution is -0.121. The molecule has 0 aliphatic carbocycles. The van der Waals surface area contributed by atoms with Gasteiger partial charge in [-0.15, -0.1) is 0 Å². The Balaban J connectivity index is 2.37. The number of benzene rings is 1. The van der Waals surface area contributed by atoms with E-state index in [0.717, 1.165) is 11.8 Å². The first kappa shape index (κ1) is 14.7. The third-order valence-corrected chi connectivity index (χ3v) is 3.37. The van der Waals surface area contributed by atoms with E-state index < -0.39 is 9.84 Å². The average molecular weight is 270 g/mol. The molecule has 1 aromatic carbocycles. The monoisotopic (exact) mass is 270 g/mol. The molecule has 0 spiro atoms. The van der Waals surface area contributed by atoms with Gasteiger partial charge in [-0.2, -0.15) is 0 Å². The number of nitrogens with one attached hydrogen (secondary N) is 1. The van der Waals surface area contributed by atoms with Crippen molar-refractivity contribution in [3.63, 3.8) is 0 Å². The number of carbonyl (C=O) groups is 1. The second kappa shape index (κ2) is 6.51. The molecular formula is C12H18N2O3S. The van der Waals surface area contributed by atoms with Crippen LogP contribution in [0.3, 0.4) is 0 Å². The third kappa shape index (κ3) is 5.79. The summed E-state index contributed by atoms with van der Waals surface area (Å²) in [6.07, 6.45) is 1.28. The SMILES string of the molecule is CS(=O)(=O)CCNC(=O)CC(N)c1ccccc1. The molecule has 100 valence electrons. The molecule has 3 N–H and O–H groups in total. The minimum Gasteiger partial charge on any atom is -0.355 e. The summed E-state index contributed by atoms with van der Waals surface area (Å²) in [5.74, 6) is -0.297. The maximum Gasteiger partial charge on any atom is 0.221 e. The van der Waals surface area contributed by atoms with Crippen LogP contribution in [0.2, 0.25) is 0 Å². The maximum absolute atomic E-state index is 11.5. The Morgan fingerprint density at radius 1 is 1.33 bits per heavy atom. The van der Waals surface area contributed by atoms with Crippen molar-refractivity contribution in [2.75, 3.05) is 18.6 Å². The van der Waals surface area contributed by atoms with Crippen LogP contribution in [0.1, 0.15) is 18.0 Å². The first-order chi connectivity index (χ1) is 8.38. The van der Waals surface area contributed by atoms with Crippen molar-refractivity contribution in [1.29, 1.82) is 0 Å². The molecule has 1 aromatic rings. The van der Waals surface area contributed by atoms with E-state index in [-0.39, 0.29) is 30.7 Å². The van der Waals surface area contributed by atoms with Gasteiger partial charge in [-0.05, 0) is 5.56 Å². The highest BCUT2D eigenvalue weighted by Crippen LogP contribution is 2.12. The van der Waals surface area contributed by atoms with Gasteiger partial charge in [0.1, 0.15) is 9.84 Å². The molecule has 1 unspecified atom stereocenters. The highest BCUT2D eigenvalue weighted by atomic mass is 32.2. The molecule has 0 saturated carbocycles. The lowest BCUT2D eigenvalue weighted by Crippen LogP contribution is -2.31. The molecule has 1 atom stereocenters. The minimum absolute atomic E-state index is 0.0562. The highest BCUT2D eigenvalue weighted by Gasteiger charge is 2.11. The second-order valence-electron chi connectivity index (χ2n) is 4.20. The summed E-state index contributed by atoms with van der Waals surface area (Å²) in [5, 5.41) is 2.54. The van der Waals surface area contributed by atoms with Crippen LogP contribution in [0.4, 0.5) is 0 Å². The van der Waals surface area contributed by atoms with Gasteiger partial charge in [0, 0.05) is 25.3 Å². The first-order valence-corrected chi connectivity index (χ1v) is 7.69. The summed E-state index contributed by atoms with van der Waals surface area (Å²) in [6, 6.07) is 8.93. The maximum atomic E-state index is 11.5. The average Bonchev–Trinajstić information content (AvgIpc) is 2.28. The summed E-state index contributed by atoms with van der Waals surface area (Å²) >= 11 is 0. The summed E-state index contributed by atoms with van der Waals surface area (Å²) in [6.45, 7) is 0.124. The predicted molar refractivity (Wildman–Crippen MR) is 70.7 cm³/mol. The largest absolute Gasteiger partial charge is 0.355 e. The number of sulfone groups is 1. The van der Waals surface area contributed by atoms with Crippen LogP contribution in [0.5, 0.6) is 0 Å². The van der Waals surface area contributed by atoms with E-state index in [2.05, 4.69) is 5.32 Å². The molecule has 0 radical (unpaired) electrons. The van der Waals surface area contributed by atoms with Crippen molar-refractivity contribution in [2.45, 2.75) is 12.5 Å². The van der Waals surface area contributed by atoms with Crippen LogP contribution >= 0.6 is 0 Å². The number of nitrogens with two attached hydrogens (primary N) is 1. The Labute approximate surface area is 107 Å². The molecule has 0 fully saturated rings. The Morgan fingerprint density at radius 2 is 1.94 bits per heavy atom. The van der Waals surface area contributed by atoms with Crippen LogP contribution in [-0.2, 0) is 14.6 Å². The van der Waals surface area contributed by atoms with Crippen LogP contribution in [-0.4, -0.2) is 32.9 Å². The Bertz CT molecular complexity index is 485. The van der Waals surface area contributed by atoms with E-state index in [1.165, 1.54) is 0 Å². The van der Waals surface area contributed by atoms with Crippen molar-refractivity contribution in [1.82, 2.24) is 5.32 Å². The van der Waals surface area contributed by atoms with Crippen LogP contribution in [0.25, 0.3) is 0 Å². The Morgan fingerprint density at radius 3 is 2.50 bits per heavy atom. The van der Waals surface area contributed by atoms with Gasteiger partial charge in [-0.25, -0.2) is 8.42 Å². The summed E-state index contributed by atoms with van der Waals surface area (Å²) in [7, 11) is -3.05. The van der Waals surface area contributed by atoms with Crippen molar-refractivity contribution in [2.24, 2.45) is 5.73 Å². The third-order valence-electron chi connectivity index (χ3n) is 2.43. The number of amides is 1. The van der Waals surface area contributed by atoms with Crippen molar-refractivity contribution in [3.05, 3.63) is 35.9 Å². The molecule has 1 rings (SSSR count). The van der Waals surface area contributed by atoms with E-state index >= 15 is 0 Å². The molecule has 0 aliphatic rings. The standard InChI is InChI=1S/C12H18N2O3S/c1-18(16,17)8-7-14-12(15)9-11(13)10-5-3-2-4-6-10/h2-6,11H,7-9,13H2,1H3,(H,14,15). The zero-order chi connectivity index (χ0) is 13.6. The zero-order valence-electron chi connectivity index (χ0n) is 10.3. The molecule has 5 nitrogen and oxygen atoms in total. The van der Waals surface area contributed by atoms with E-state index in [0.29, 0.717) is 0 Å². The van der Waals surface area contributed by atoms with E-state index in [1.54, 1.807) is 0 Å². The van der Waals surface area contributed by atoms with Gasteiger partial charge in [-0.3, -0.25) is 4.79 Å². The van der Waals surface area contributed by atoms with Crippen LogP contribution in [0.15, 0.2) is 30.3 Å². The van der Waals surface area contributed by atoms with Gasteiger partial charge >= 0.3 is 0 Å². The number of hydrogen-bond donors (Lipinski definition) is 2. The molecule has 0 heterocycles. The lowest BCUT2D eigenvalue weighted by Gasteiger charge is -2.11. The smallest absolute Gasteiger partial charge is 0.221 e. The van der Waals surface area contributed by atoms with Gasteiger partial charge in [-0.1, -0.05) is 30.3 Å². The fourth-order valence-corrected chi connectivity index (χ4v) is 1.94. The molecular weight excluding hydrogens is 252 g/mol. The van der Waals surface area contributed by atoms with E-state index in [4.69, 9.17) is 5.73 Å². The molecule has 0 saturated heterocycles. The number of hydrogen-bond acceptors (Lipinski definition) is 4. The topological polar surface area (TPSA) is 89.3 Å². The van der Waals surface area contributed by atoms with Gasteiger partial charge in [0.25, 0.3) is 0 Å². The number of rotatable bonds is 6. The van der Waals surface area contributed by atoms with Gasteiger partial charge in [0.15, 0.2) is 0 Å². The van der Waals surface area contributed by atoms with Gasteiger partial charge in [0.2, 0.25) is 5.91 Å². The molecule has 18 heavy (non-hydrogen) atoms. The molecule has 0 aliphatic heterocycles. The summed E-state index contributed by atoms with van der Waals surface area (Å²) in [5.41, 5.74) is 6.76. The minimum atomic E-state index is -3.05. The lowest BCUT2D eigenvalue weighted by atomic mass is 10.0. The van der Waals surface area contributed by atoms with E-state index in [9.17, 15) is 13.2 Å². The van der Waals surface area contributed by atoms with Gasteiger partial charge in [0.05, 0.1) is 5.75 Å². The summed E-state index contributed by atoms with van der Waals surface area (Å²) in [4.78, 5) is 11.5. The summed E-state index contributed by atoms with van der Waals surface area (Å²) < 4.78 is 21.8. The zero-order valence-corrected chi connectivity index (χ0v) is 11.1. The fourth-order valence-electron chi connectivity index (χ4n) is 1.47. The Hall–Kier alpha value is -1.40. The second-order valence-corrected chi connectivity index (χ2v) is 6.46. The van der Waals surface area contributed by atoms with E-state index in [1.807, 2.05) is 30.3 Å². The van der Waals surface area contributed by atoms with Crippen molar-refractivity contribution in [3.8, 4) is 0 Å². The van der Waals surface area contributed by atoms with Gasteiger partial charge < -0.3 is 11.1 Å². The molecule has 1 amide bonds. The van der Waals surface area contributed by atoms with Crippen LogP contribution in [0, 0.1) is 0 Å². The predicted octanol–water partition coefficient (Wildman–Crippen LogP) is 0.237.